The highest BCUT2D eigenvalue weighted by molar-refractivity contribution is 5.41. The predicted molar refractivity (Wildman–Crippen MR) is 83.7 cm³/mol. The molecule has 3 rings (SSSR count). The van der Waals surface area contributed by atoms with E-state index in [0.29, 0.717) is 0 Å². The molecule has 0 bridgehead atoms. The minimum absolute atomic E-state index is 0.269. The molecule has 1 aliphatic carbocycles. The Morgan fingerprint density at radius 3 is 2.76 bits per heavy atom. The van der Waals surface area contributed by atoms with Crippen molar-refractivity contribution in [3.63, 3.8) is 0 Å². The SMILES string of the molecule is Cc1cc(N(CC2CC2)C[C@H]2CN(C)CCO2)nnc1C. The van der Waals surface area contributed by atoms with E-state index in [9.17, 15) is 0 Å². The molecular formula is C16H26N4O. The molecule has 0 unspecified atom stereocenters. The number of morpholine rings is 1. The van der Waals surface area contributed by atoms with Gasteiger partial charge in [-0.25, -0.2) is 0 Å². The maximum Gasteiger partial charge on any atom is 0.151 e. The first-order chi connectivity index (χ1) is 10.1. The minimum atomic E-state index is 0.269. The third-order valence-electron chi connectivity index (χ3n) is 4.48. The number of anilines is 1. The van der Waals surface area contributed by atoms with E-state index in [-0.39, 0.29) is 6.10 Å². The van der Waals surface area contributed by atoms with E-state index >= 15 is 0 Å². The number of aryl methyl sites for hydroxylation is 2. The van der Waals surface area contributed by atoms with Crippen LogP contribution in [-0.4, -0.2) is 61.0 Å². The van der Waals surface area contributed by atoms with Crippen LogP contribution in [0.3, 0.4) is 0 Å². The van der Waals surface area contributed by atoms with Crippen LogP contribution in [0.15, 0.2) is 6.07 Å². The Morgan fingerprint density at radius 2 is 2.10 bits per heavy atom. The second-order valence-corrected chi connectivity index (χ2v) is 6.57. The highest BCUT2D eigenvalue weighted by atomic mass is 16.5. The third-order valence-corrected chi connectivity index (χ3v) is 4.48. The lowest BCUT2D eigenvalue weighted by molar-refractivity contribution is -0.0149. The Hall–Kier alpha value is -1.20. The molecule has 21 heavy (non-hydrogen) atoms. The van der Waals surface area contributed by atoms with Gasteiger partial charge in [0, 0.05) is 26.2 Å². The smallest absolute Gasteiger partial charge is 0.151 e. The first-order valence-electron chi connectivity index (χ1n) is 7.98. The van der Waals surface area contributed by atoms with Crippen LogP contribution in [0.1, 0.15) is 24.1 Å². The summed E-state index contributed by atoms with van der Waals surface area (Å²) in [5, 5.41) is 8.70. The van der Waals surface area contributed by atoms with Crippen molar-refractivity contribution in [2.45, 2.75) is 32.8 Å². The average molecular weight is 290 g/mol. The predicted octanol–water partition coefficient (Wildman–Crippen LogP) is 1.64. The first kappa shape index (κ1) is 14.7. The van der Waals surface area contributed by atoms with Crippen molar-refractivity contribution in [1.82, 2.24) is 15.1 Å². The van der Waals surface area contributed by atoms with Gasteiger partial charge in [-0.15, -0.1) is 5.10 Å². The van der Waals surface area contributed by atoms with Gasteiger partial charge in [-0.05, 0) is 51.3 Å². The topological polar surface area (TPSA) is 41.5 Å². The van der Waals surface area contributed by atoms with E-state index in [4.69, 9.17) is 4.74 Å². The van der Waals surface area contributed by atoms with Crippen molar-refractivity contribution in [1.29, 1.82) is 0 Å². The summed E-state index contributed by atoms with van der Waals surface area (Å²) in [5.74, 6) is 1.83. The van der Waals surface area contributed by atoms with E-state index < -0.39 is 0 Å². The fraction of sp³-hybridized carbons (Fsp3) is 0.750. The number of aromatic nitrogens is 2. The lowest BCUT2D eigenvalue weighted by Crippen LogP contribution is -2.46. The summed E-state index contributed by atoms with van der Waals surface area (Å²) < 4.78 is 5.92. The Balaban J connectivity index is 1.71. The molecule has 1 aromatic heterocycles. The molecule has 2 aliphatic rings. The summed E-state index contributed by atoms with van der Waals surface area (Å²) in [6, 6.07) is 2.16. The van der Waals surface area contributed by atoms with Crippen molar-refractivity contribution in [3.05, 3.63) is 17.3 Å². The zero-order valence-corrected chi connectivity index (χ0v) is 13.4. The largest absolute Gasteiger partial charge is 0.374 e. The molecule has 1 atom stereocenters. The number of ether oxygens (including phenoxy) is 1. The van der Waals surface area contributed by atoms with Crippen molar-refractivity contribution < 1.29 is 4.74 Å². The summed E-state index contributed by atoms with van der Waals surface area (Å²) in [6.45, 7) is 8.97. The quantitative estimate of drug-likeness (QED) is 0.824. The van der Waals surface area contributed by atoms with Crippen LogP contribution in [0.2, 0.25) is 0 Å². The van der Waals surface area contributed by atoms with Crippen molar-refractivity contribution in [3.8, 4) is 0 Å². The fourth-order valence-electron chi connectivity index (χ4n) is 2.78. The van der Waals surface area contributed by atoms with Crippen LogP contribution in [0.4, 0.5) is 5.82 Å². The van der Waals surface area contributed by atoms with Gasteiger partial charge in [0.2, 0.25) is 0 Å². The normalized spacial score (nSPS) is 23.3. The molecule has 2 fully saturated rings. The maximum atomic E-state index is 5.92. The lowest BCUT2D eigenvalue weighted by Gasteiger charge is -2.34. The molecule has 0 radical (unpaired) electrons. The first-order valence-corrected chi connectivity index (χ1v) is 7.98. The van der Waals surface area contributed by atoms with Crippen LogP contribution >= 0.6 is 0 Å². The van der Waals surface area contributed by atoms with Gasteiger partial charge in [0.25, 0.3) is 0 Å². The number of hydrogen-bond acceptors (Lipinski definition) is 5. The molecule has 2 heterocycles. The summed E-state index contributed by atoms with van der Waals surface area (Å²) in [6.07, 6.45) is 2.96. The van der Waals surface area contributed by atoms with Crippen molar-refractivity contribution in [2.75, 3.05) is 44.7 Å². The Morgan fingerprint density at radius 1 is 1.29 bits per heavy atom. The molecule has 1 saturated heterocycles. The van der Waals surface area contributed by atoms with Crippen LogP contribution < -0.4 is 4.90 Å². The number of hydrogen-bond donors (Lipinski definition) is 0. The van der Waals surface area contributed by atoms with E-state index in [1.54, 1.807) is 0 Å². The maximum absolute atomic E-state index is 5.92. The number of rotatable bonds is 5. The highest BCUT2D eigenvalue weighted by Crippen LogP contribution is 2.31. The lowest BCUT2D eigenvalue weighted by atomic mass is 10.2. The molecule has 1 aromatic rings. The summed E-state index contributed by atoms with van der Waals surface area (Å²) in [5.41, 5.74) is 2.22. The van der Waals surface area contributed by atoms with Gasteiger partial charge < -0.3 is 14.5 Å². The molecule has 0 N–H and O–H groups in total. The van der Waals surface area contributed by atoms with Gasteiger partial charge in [-0.3, -0.25) is 0 Å². The average Bonchev–Trinajstić information content (AvgIpc) is 3.25. The second kappa shape index (κ2) is 6.28. The molecule has 1 saturated carbocycles. The summed E-state index contributed by atoms with van der Waals surface area (Å²) >= 11 is 0. The monoisotopic (exact) mass is 290 g/mol. The Kier molecular flexibility index (Phi) is 4.40. The highest BCUT2D eigenvalue weighted by Gasteiger charge is 2.28. The summed E-state index contributed by atoms with van der Waals surface area (Å²) in [7, 11) is 2.16. The van der Waals surface area contributed by atoms with Gasteiger partial charge in [-0.2, -0.15) is 5.10 Å². The zero-order valence-electron chi connectivity index (χ0n) is 13.4. The van der Waals surface area contributed by atoms with E-state index in [2.05, 4.69) is 40.0 Å². The van der Waals surface area contributed by atoms with Crippen LogP contribution in [-0.2, 0) is 4.74 Å². The molecule has 0 aromatic carbocycles. The zero-order chi connectivity index (χ0) is 14.8. The molecule has 5 heteroatoms. The standard InChI is InChI=1S/C16H26N4O/c1-12-8-16(18-17-13(12)2)20(9-14-4-5-14)11-15-10-19(3)6-7-21-15/h8,14-15H,4-7,9-11H2,1-3H3/t15-/m1/s1. The molecule has 1 aliphatic heterocycles. The third kappa shape index (κ3) is 3.92. The minimum Gasteiger partial charge on any atom is -0.374 e. The molecule has 5 nitrogen and oxygen atoms in total. The fourth-order valence-corrected chi connectivity index (χ4v) is 2.78. The Bertz CT molecular complexity index is 489. The van der Waals surface area contributed by atoms with E-state index in [0.717, 1.165) is 50.2 Å². The van der Waals surface area contributed by atoms with Crippen LogP contribution in [0.5, 0.6) is 0 Å². The van der Waals surface area contributed by atoms with Crippen LogP contribution in [0, 0.1) is 19.8 Å². The molecular weight excluding hydrogens is 264 g/mol. The van der Waals surface area contributed by atoms with E-state index in [1.807, 2.05) is 6.92 Å². The second-order valence-electron chi connectivity index (χ2n) is 6.57. The Labute approximate surface area is 127 Å². The van der Waals surface area contributed by atoms with E-state index in [1.165, 1.54) is 18.4 Å². The van der Waals surface area contributed by atoms with Gasteiger partial charge >= 0.3 is 0 Å². The van der Waals surface area contributed by atoms with Gasteiger partial charge in [0.05, 0.1) is 18.4 Å². The molecule has 116 valence electrons. The van der Waals surface area contributed by atoms with Gasteiger partial charge in [-0.1, -0.05) is 0 Å². The molecule has 0 spiro atoms. The van der Waals surface area contributed by atoms with Crippen LogP contribution in [0.25, 0.3) is 0 Å². The van der Waals surface area contributed by atoms with Crippen molar-refractivity contribution >= 4 is 5.82 Å². The molecule has 0 amide bonds. The van der Waals surface area contributed by atoms with Crippen molar-refractivity contribution in [2.24, 2.45) is 5.92 Å². The van der Waals surface area contributed by atoms with Gasteiger partial charge in [0.15, 0.2) is 5.82 Å². The summed E-state index contributed by atoms with van der Waals surface area (Å²) in [4.78, 5) is 4.72. The number of nitrogens with zero attached hydrogens (tertiary/aromatic N) is 4. The number of likely N-dealkylation sites (N-methyl/N-ethyl adjacent to an activating group) is 1. The van der Waals surface area contributed by atoms with Gasteiger partial charge in [0.1, 0.15) is 0 Å².